The number of fused-ring (bicyclic) bond motifs is 1. The molecule has 0 aromatic rings. The second kappa shape index (κ2) is 3.26. The first-order chi connectivity index (χ1) is 6.59. The fourth-order valence-corrected chi connectivity index (χ4v) is 2.26. The van der Waals surface area contributed by atoms with Crippen LogP contribution in [0.2, 0.25) is 0 Å². The molecule has 2 rings (SSSR count). The Morgan fingerprint density at radius 3 is 2.79 bits per heavy atom. The van der Waals surface area contributed by atoms with Crippen molar-refractivity contribution in [2.45, 2.75) is 26.3 Å². The molecule has 80 valence electrons. The second-order valence-electron chi connectivity index (χ2n) is 4.52. The van der Waals surface area contributed by atoms with Gasteiger partial charge in [0.05, 0.1) is 6.54 Å². The van der Waals surface area contributed by atoms with E-state index in [1.54, 1.807) is 4.90 Å². The minimum atomic E-state index is -0.191. The lowest BCUT2D eigenvalue weighted by atomic mass is 9.93. The summed E-state index contributed by atoms with van der Waals surface area (Å²) in [7, 11) is 0. The molecule has 2 atom stereocenters. The van der Waals surface area contributed by atoms with E-state index in [1.807, 2.05) is 0 Å². The predicted molar refractivity (Wildman–Crippen MR) is 53.6 cm³/mol. The van der Waals surface area contributed by atoms with Crippen molar-refractivity contribution in [2.75, 3.05) is 13.1 Å². The largest absolute Gasteiger partial charge is 0.345 e. The molecule has 0 aliphatic carbocycles. The van der Waals surface area contributed by atoms with Gasteiger partial charge in [-0.15, -0.1) is 0 Å². The summed E-state index contributed by atoms with van der Waals surface area (Å²) in [5.41, 5.74) is 0. The molecule has 14 heavy (non-hydrogen) atoms. The van der Waals surface area contributed by atoms with Gasteiger partial charge in [0.1, 0.15) is 6.04 Å². The average molecular weight is 198 g/mol. The van der Waals surface area contributed by atoms with Gasteiger partial charge in [0.25, 0.3) is 0 Å². The van der Waals surface area contributed by atoms with E-state index in [0.717, 1.165) is 13.0 Å². The normalized spacial score (nSPS) is 32.1. The molecule has 4 nitrogen and oxygen atoms in total. The molecule has 0 radical (unpaired) electrons. The maximum atomic E-state index is 11.5. The van der Waals surface area contributed by atoms with Gasteiger partial charge in [-0.1, -0.05) is 13.8 Å². The molecule has 0 aromatic carbocycles. The number of carbonyl (C=O) groups is 2. The maximum Gasteiger partial charge on any atom is 0.243 e. The van der Waals surface area contributed by atoms with Crippen molar-refractivity contribution >= 4 is 11.8 Å². The highest BCUT2D eigenvalue weighted by atomic mass is 16.2. The molecule has 2 unspecified atom stereocenters. The van der Waals surface area contributed by atoms with Gasteiger partial charge < -0.3 is 10.2 Å². The third-order valence-corrected chi connectivity index (χ3v) is 3.31. The average Bonchev–Trinajstić information content (AvgIpc) is 2.57. The quantitative estimate of drug-likeness (QED) is 0.656. The highest BCUT2D eigenvalue weighted by Crippen LogP contribution is 2.30. The monoisotopic (exact) mass is 198 g/mol. The summed E-state index contributed by atoms with van der Waals surface area (Å²) in [6.45, 7) is 5.23. The molecular formula is C10H18N2O2. The number of piperazine rings is 1. The molecule has 0 spiro atoms. The van der Waals surface area contributed by atoms with Gasteiger partial charge in [-0.3, -0.25) is 9.59 Å². The highest BCUT2D eigenvalue weighted by molar-refractivity contribution is 5.95. The summed E-state index contributed by atoms with van der Waals surface area (Å²) in [6, 6.07) is -0.191. The van der Waals surface area contributed by atoms with E-state index >= 15 is 0 Å². The Hall–Kier alpha value is -1.06. The summed E-state index contributed by atoms with van der Waals surface area (Å²) in [4.78, 5) is 24.7. The van der Waals surface area contributed by atoms with Crippen LogP contribution in [0.1, 0.15) is 21.7 Å². The first-order valence-corrected chi connectivity index (χ1v) is 5.16. The van der Waals surface area contributed by atoms with Crippen molar-refractivity contribution in [1.29, 1.82) is 0 Å². The standard InChI is InChI=1S/C10H16N2O2.H2/c1-6(2)7-3-8-10(14)11-4-9(13)12(8)5-7;/h6-8H,3-5H2,1-2H3,(H,11,14);1H. The molecule has 2 aliphatic heterocycles. The number of nitrogens with one attached hydrogen (secondary N) is 1. The van der Waals surface area contributed by atoms with Crippen molar-refractivity contribution in [3.63, 3.8) is 0 Å². The molecule has 1 N–H and O–H groups in total. The summed E-state index contributed by atoms with van der Waals surface area (Å²) in [5.74, 6) is 1.11. The lowest BCUT2D eigenvalue weighted by Gasteiger charge is -2.28. The zero-order valence-electron chi connectivity index (χ0n) is 8.62. The lowest BCUT2D eigenvalue weighted by molar-refractivity contribution is -0.143. The third-order valence-electron chi connectivity index (χ3n) is 3.31. The van der Waals surface area contributed by atoms with Crippen molar-refractivity contribution in [3.8, 4) is 0 Å². The first-order valence-electron chi connectivity index (χ1n) is 5.16. The first kappa shape index (κ1) is 9.49. The second-order valence-corrected chi connectivity index (χ2v) is 4.52. The Morgan fingerprint density at radius 1 is 1.50 bits per heavy atom. The molecule has 2 fully saturated rings. The summed E-state index contributed by atoms with van der Waals surface area (Å²) in [5, 5.41) is 2.63. The number of nitrogens with zero attached hydrogens (tertiary/aromatic N) is 1. The van der Waals surface area contributed by atoms with E-state index in [1.165, 1.54) is 0 Å². The van der Waals surface area contributed by atoms with Crippen LogP contribution >= 0.6 is 0 Å². The molecule has 0 aromatic heterocycles. The van der Waals surface area contributed by atoms with Gasteiger partial charge in [0.2, 0.25) is 11.8 Å². The smallest absolute Gasteiger partial charge is 0.243 e. The Labute approximate surface area is 85.1 Å². The molecule has 2 aliphatic rings. The molecule has 0 saturated carbocycles. The highest BCUT2D eigenvalue weighted by Gasteiger charge is 2.42. The van der Waals surface area contributed by atoms with Crippen LogP contribution in [0.25, 0.3) is 0 Å². The number of hydrogen-bond acceptors (Lipinski definition) is 2. The van der Waals surface area contributed by atoms with Crippen LogP contribution in [-0.2, 0) is 9.59 Å². The zero-order valence-corrected chi connectivity index (χ0v) is 8.62. The Morgan fingerprint density at radius 2 is 2.21 bits per heavy atom. The van der Waals surface area contributed by atoms with Gasteiger partial charge in [-0.25, -0.2) is 0 Å². The molecule has 4 heteroatoms. The van der Waals surface area contributed by atoms with Crippen LogP contribution in [0.15, 0.2) is 0 Å². The minimum absolute atomic E-state index is 0. The van der Waals surface area contributed by atoms with Crippen LogP contribution in [0.4, 0.5) is 0 Å². The van der Waals surface area contributed by atoms with E-state index in [4.69, 9.17) is 0 Å². The van der Waals surface area contributed by atoms with E-state index in [0.29, 0.717) is 11.8 Å². The number of rotatable bonds is 1. The number of carbonyl (C=O) groups excluding carboxylic acids is 2. The fraction of sp³-hybridized carbons (Fsp3) is 0.800. The Kier molecular flexibility index (Phi) is 2.21. The molecule has 0 bridgehead atoms. The van der Waals surface area contributed by atoms with Gasteiger partial charge >= 0.3 is 0 Å². The summed E-state index contributed by atoms with van der Waals surface area (Å²) >= 11 is 0. The number of hydrogen-bond donors (Lipinski definition) is 1. The lowest BCUT2D eigenvalue weighted by Crippen LogP contribution is -2.55. The molecule has 2 saturated heterocycles. The van der Waals surface area contributed by atoms with Gasteiger partial charge in [-0.2, -0.15) is 0 Å². The summed E-state index contributed by atoms with van der Waals surface area (Å²) < 4.78 is 0. The van der Waals surface area contributed by atoms with Crippen LogP contribution in [0.5, 0.6) is 0 Å². The van der Waals surface area contributed by atoms with Crippen LogP contribution in [-0.4, -0.2) is 35.8 Å². The van der Waals surface area contributed by atoms with Gasteiger partial charge in [0, 0.05) is 7.97 Å². The van der Waals surface area contributed by atoms with Crippen molar-refractivity contribution < 1.29 is 11.0 Å². The zero-order chi connectivity index (χ0) is 10.3. The fourth-order valence-electron chi connectivity index (χ4n) is 2.26. The van der Waals surface area contributed by atoms with Crippen molar-refractivity contribution in [2.24, 2.45) is 11.8 Å². The molecule has 2 heterocycles. The Balaban J connectivity index is 0.00000112. The molecule has 2 amide bonds. The van der Waals surface area contributed by atoms with E-state index in [-0.39, 0.29) is 25.8 Å². The summed E-state index contributed by atoms with van der Waals surface area (Å²) in [6.07, 6.45) is 0.829. The van der Waals surface area contributed by atoms with Gasteiger partial charge in [0.15, 0.2) is 0 Å². The molecular weight excluding hydrogens is 180 g/mol. The van der Waals surface area contributed by atoms with Crippen LogP contribution in [0, 0.1) is 11.8 Å². The third kappa shape index (κ3) is 1.38. The van der Waals surface area contributed by atoms with Crippen molar-refractivity contribution in [3.05, 3.63) is 0 Å². The van der Waals surface area contributed by atoms with E-state index in [9.17, 15) is 9.59 Å². The van der Waals surface area contributed by atoms with E-state index in [2.05, 4.69) is 19.2 Å². The van der Waals surface area contributed by atoms with Crippen LogP contribution < -0.4 is 5.32 Å². The van der Waals surface area contributed by atoms with E-state index < -0.39 is 0 Å². The predicted octanol–water partition coefficient (Wildman–Crippen LogP) is 0.235. The Bertz CT molecular complexity index is 257. The topological polar surface area (TPSA) is 49.4 Å². The van der Waals surface area contributed by atoms with Gasteiger partial charge in [-0.05, 0) is 18.3 Å². The SMILES string of the molecule is CC(C)C1CC2C(=O)NCC(=O)N2C1.[HH]. The maximum absolute atomic E-state index is 11.5. The minimum Gasteiger partial charge on any atom is -0.345 e. The van der Waals surface area contributed by atoms with Crippen molar-refractivity contribution in [1.82, 2.24) is 10.2 Å². The van der Waals surface area contributed by atoms with Crippen LogP contribution in [0.3, 0.4) is 0 Å². The number of amides is 2.